The van der Waals surface area contributed by atoms with Gasteiger partial charge in [0.25, 0.3) is 11.8 Å². The van der Waals surface area contributed by atoms with Crippen molar-refractivity contribution in [3.63, 3.8) is 0 Å². The van der Waals surface area contributed by atoms with E-state index in [4.69, 9.17) is 16.1 Å². The van der Waals surface area contributed by atoms with Gasteiger partial charge in [0.05, 0.1) is 0 Å². The molecule has 220 valence electrons. The summed E-state index contributed by atoms with van der Waals surface area (Å²) in [4.78, 5) is 37.0. The SMILES string of the molecule is C=C/C=C(\C=C/C)C(/N)=C/SN.CC.CCN(Cc1ccc(/C=C/C(=O)NO)cc1)C(=O)NC(=O)c1ccccc1. The van der Waals surface area contributed by atoms with Crippen molar-refractivity contribution in [3.8, 4) is 0 Å². The molecular formula is C31H41N5O4S. The lowest BCUT2D eigenvalue weighted by Gasteiger charge is -2.21. The zero-order chi connectivity index (χ0) is 31.0. The van der Waals surface area contributed by atoms with E-state index in [0.29, 0.717) is 24.4 Å². The fourth-order valence-corrected chi connectivity index (χ4v) is 3.31. The van der Waals surface area contributed by atoms with E-state index in [1.165, 1.54) is 16.5 Å². The summed E-state index contributed by atoms with van der Waals surface area (Å²) in [5.41, 5.74) is 10.9. The molecule has 0 aliphatic heterocycles. The first-order valence-corrected chi connectivity index (χ1v) is 13.9. The van der Waals surface area contributed by atoms with Gasteiger partial charge in [-0.25, -0.2) is 10.3 Å². The van der Waals surface area contributed by atoms with Crippen molar-refractivity contribution in [2.24, 2.45) is 10.9 Å². The van der Waals surface area contributed by atoms with Crippen LogP contribution in [0, 0.1) is 0 Å². The highest BCUT2D eigenvalue weighted by atomic mass is 32.2. The minimum absolute atomic E-state index is 0.339. The second-order valence-electron chi connectivity index (χ2n) is 7.76. The van der Waals surface area contributed by atoms with E-state index in [2.05, 4.69) is 11.9 Å². The van der Waals surface area contributed by atoms with Gasteiger partial charge >= 0.3 is 6.03 Å². The van der Waals surface area contributed by atoms with E-state index in [-0.39, 0.29) is 0 Å². The Labute approximate surface area is 247 Å². The zero-order valence-electron chi connectivity index (χ0n) is 24.0. The summed E-state index contributed by atoms with van der Waals surface area (Å²) in [7, 11) is 0. The summed E-state index contributed by atoms with van der Waals surface area (Å²) < 4.78 is 0. The Balaban J connectivity index is 0.000000962. The highest BCUT2D eigenvalue weighted by Crippen LogP contribution is 2.10. The number of carbonyl (C=O) groups excluding carboxylic acids is 3. The van der Waals surface area contributed by atoms with Gasteiger partial charge in [-0.2, -0.15) is 0 Å². The summed E-state index contributed by atoms with van der Waals surface area (Å²) >= 11 is 1.09. The summed E-state index contributed by atoms with van der Waals surface area (Å²) in [5.74, 6) is -1.06. The number of hydrogen-bond donors (Lipinski definition) is 5. The van der Waals surface area contributed by atoms with Crippen LogP contribution in [0.5, 0.6) is 0 Å². The summed E-state index contributed by atoms with van der Waals surface area (Å²) in [6.45, 7) is 12.1. The molecule has 0 spiro atoms. The third kappa shape index (κ3) is 15.1. The topological polar surface area (TPSA) is 151 Å². The molecule has 4 amide bonds. The molecule has 0 heterocycles. The van der Waals surface area contributed by atoms with Gasteiger partial charge in [0.1, 0.15) is 0 Å². The average Bonchev–Trinajstić information content (AvgIpc) is 3.00. The largest absolute Gasteiger partial charge is 0.398 e. The fourth-order valence-electron chi connectivity index (χ4n) is 3.02. The van der Waals surface area contributed by atoms with Crippen LogP contribution in [0.3, 0.4) is 0 Å². The highest BCUT2D eigenvalue weighted by Gasteiger charge is 2.16. The predicted octanol–water partition coefficient (Wildman–Crippen LogP) is 5.69. The van der Waals surface area contributed by atoms with Gasteiger partial charge in [-0.15, -0.1) is 0 Å². The normalized spacial score (nSPS) is 11.1. The van der Waals surface area contributed by atoms with E-state index >= 15 is 0 Å². The second-order valence-corrected chi connectivity index (χ2v) is 8.27. The van der Waals surface area contributed by atoms with Gasteiger partial charge in [0, 0.05) is 35.8 Å². The predicted molar refractivity (Wildman–Crippen MR) is 169 cm³/mol. The molecule has 0 atom stereocenters. The van der Waals surface area contributed by atoms with Crippen molar-refractivity contribution in [3.05, 3.63) is 125 Å². The molecule has 9 nitrogen and oxygen atoms in total. The van der Waals surface area contributed by atoms with Crippen molar-refractivity contribution >= 4 is 35.9 Å². The Bertz CT molecular complexity index is 1210. The molecule has 0 saturated carbocycles. The van der Waals surface area contributed by atoms with Crippen molar-refractivity contribution in [2.75, 3.05) is 6.54 Å². The Kier molecular flexibility index (Phi) is 20.0. The molecule has 0 aliphatic rings. The van der Waals surface area contributed by atoms with E-state index in [1.807, 2.05) is 58.1 Å². The molecular weight excluding hydrogens is 538 g/mol. The number of rotatable bonds is 10. The first kappa shape index (κ1) is 36.6. The van der Waals surface area contributed by atoms with Crippen LogP contribution in [0.1, 0.15) is 49.2 Å². The van der Waals surface area contributed by atoms with Crippen LogP contribution < -0.4 is 21.7 Å². The molecule has 0 aliphatic carbocycles. The van der Waals surface area contributed by atoms with Crippen LogP contribution in [0.4, 0.5) is 4.79 Å². The molecule has 0 saturated heterocycles. The molecule has 0 bridgehead atoms. The number of hydroxylamine groups is 1. The summed E-state index contributed by atoms with van der Waals surface area (Å²) in [5, 5.41) is 17.8. The van der Waals surface area contributed by atoms with E-state index < -0.39 is 17.8 Å². The zero-order valence-corrected chi connectivity index (χ0v) is 24.9. The lowest BCUT2D eigenvalue weighted by Crippen LogP contribution is -2.42. The number of carbonyl (C=O) groups is 3. The van der Waals surface area contributed by atoms with Gasteiger partial charge in [-0.05, 0) is 48.8 Å². The molecule has 0 radical (unpaired) electrons. The fraction of sp³-hybridized carbons (Fsp3) is 0.194. The summed E-state index contributed by atoms with van der Waals surface area (Å²) in [6.07, 6.45) is 10.1. The number of hydrogen-bond acceptors (Lipinski definition) is 7. The third-order valence-electron chi connectivity index (χ3n) is 4.99. The van der Waals surface area contributed by atoms with Crippen molar-refractivity contribution in [2.45, 2.75) is 34.2 Å². The van der Waals surface area contributed by atoms with E-state index in [9.17, 15) is 14.4 Å². The Hall–Kier alpha value is -4.38. The Morgan fingerprint density at radius 2 is 1.68 bits per heavy atom. The number of amides is 4. The molecule has 41 heavy (non-hydrogen) atoms. The van der Waals surface area contributed by atoms with Crippen molar-refractivity contribution in [1.29, 1.82) is 0 Å². The smallest absolute Gasteiger partial charge is 0.324 e. The van der Waals surface area contributed by atoms with Gasteiger partial charge < -0.3 is 10.6 Å². The maximum atomic E-state index is 12.4. The molecule has 0 unspecified atom stereocenters. The number of allylic oxidation sites excluding steroid dienone is 4. The molecule has 0 fully saturated rings. The van der Waals surface area contributed by atoms with E-state index in [1.54, 1.807) is 60.0 Å². The van der Waals surface area contributed by atoms with Gasteiger partial charge in [-0.1, -0.05) is 99.1 Å². The number of benzene rings is 2. The van der Waals surface area contributed by atoms with Crippen LogP contribution in [-0.2, 0) is 11.3 Å². The van der Waals surface area contributed by atoms with Crippen LogP contribution >= 0.6 is 11.9 Å². The van der Waals surface area contributed by atoms with Crippen molar-refractivity contribution in [1.82, 2.24) is 15.7 Å². The van der Waals surface area contributed by atoms with Gasteiger partial charge in [-0.3, -0.25) is 25.3 Å². The number of nitrogens with zero attached hydrogens (tertiary/aromatic N) is 1. The molecule has 0 aromatic heterocycles. The number of imide groups is 1. The quantitative estimate of drug-likeness (QED) is 0.0798. The standard InChI is InChI=1S/C20H21N3O4.C9H14N2S.C2H6/c1-2-23(20(26)21-19(25)17-6-4-3-5-7-17)14-16-10-8-15(9-11-16)12-13-18(24)22-27;1-3-5-8(6-4-2)9(10)7-12-11;1-2/h3-13,27H,2,14H2,1H3,(H,22,24)(H,21,25,26);3-7H,1,10-11H2,2H3;1-2H3/b13-12+;6-4-,8-5+,9-7-;. The van der Waals surface area contributed by atoms with Gasteiger partial charge in [0.15, 0.2) is 0 Å². The summed E-state index contributed by atoms with van der Waals surface area (Å²) in [6, 6.07) is 15.3. The number of nitrogens with two attached hydrogens (primary N) is 2. The molecule has 10 heteroatoms. The number of nitrogens with one attached hydrogen (secondary N) is 2. The molecule has 2 aromatic rings. The first-order valence-electron chi connectivity index (χ1n) is 12.9. The third-order valence-corrected chi connectivity index (χ3v) is 5.38. The minimum Gasteiger partial charge on any atom is -0.398 e. The van der Waals surface area contributed by atoms with Crippen LogP contribution in [0.15, 0.2) is 108 Å². The van der Waals surface area contributed by atoms with Crippen LogP contribution in [-0.4, -0.2) is 34.5 Å². The lowest BCUT2D eigenvalue weighted by atomic mass is 10.1. The van der Waals surface area contributed by atoms with Gasteiger partial charge in [0.2, 0.25) is 0 Å². The van der Waals surface area contributed by atoms with Crippen LogP contribution in [0.2, 0.25) is 0 Å². The van der Waals surface area contributed by atoms with Crippen LogP contribution in [0.25, 0.3) is 6.08 Å². The number of urea groups is 1. The van der Waals surface area contributed by atoms with Crippen molar-refractivity contribution < 1.29 is 19.6 Å². The Morgan fingerprint density at radius 3 is 2.20 bits per heavy atom. The molecule has 7 N–H and O–H groups in total. The highest BCUT2D eigenvalue weighted by molar-refractivity contribution is 8.00. The molecule has 2 aromatic carbocycles. The monoisotopic (exact) mass is 579 g/mol. The lowest BCUT2D eigenvalue weighted by molar-refractivity contribution is -0.124. The van der Waals surface area contributed by atoms with E-state index in [0.717, 1.165) is 28.6 Å². The minimum atomic E-state index is -0.615. The second kappa shape index (κ2) is 22.4. The molecule has 2 rings (SSSR count). The average molecular weight is 580 g/mol. The maximum Gasteiger partial charge on any atom is 0.324 e. The first-order chi connectivity index (χ1) is 19.8. The Morgan fingerprint density at radius 1 is 1.05 bits per heavy atom. The maximum absolute atomic E-state index is 12.4.